The van der Waals surface area contributed by atoms with Crippen LogP contribution in [0.15, 0.2) is 64.9 Å². The predicted octanol–water partition coefficient (Wildman–Crippen LogP) is 4.29. The molecule has 1 saturated heterocycles. The Morgan fingerprint density at radius 3 is 2.43 bits per heavy atom. The van der Waals surface area contributed by atoms with Gasteiger partial charge in [-0.05, 0) is 67.4 Å². The molecule has 0 saturated carbocycles. The normalized spacial score (nSPS) is 15.0. The van der Waals surface area contributed by atoms with Gasteiger partial charge in [0.15, 0.2) is 0 Å². The van der Waals surface area contributed by atoms with Crippen molar-refractivity contribution >= 4 is 50.5 Å². The number of rotatable bonds is 8. The van der Waals surface area contributed by atoms with Gasteiger partial charge < -0.3 is 15.7 Å². The summed E-state index contributed by atoms with van der Waals surface area (Å²) in [4.78, 5) is 24.2. The number of carboxylic acids is 1. The Morgan fingerprint density at radius 1 is 1.03 bits per heavy atom. The molecular formula is C24H24ClN3O5S2. The molecule has 184 valence electrons. The van der Waals surface area contributed by atoms with Crippen molar-refractivity contribution in [1.29, 1.82) is 0 Å². The quantitative estimate of drug-likeness (QED) is 0.398. The molecule has 0 spiro atoms. The molecule has 3 N–H and O–H groups in total. The van der Waals surface area contributed by atoms with E-state index in [1.807, 2.05) is 0 Å². The van der Waals surface area contributed by atoms with Crippen molar-refractivity contribution in [2.75, 3.05) is 18.4 Å². The molecule has 0 atom stereocenters. The Kier molecular flexibility index (Phi) is 7.75. The second-order valence-electron chi connectivity index (χ2n) is 8.12. The molecule has 0 bridgehead atoms. The lowest BCUT2D eigenvalue weighted by molar-refractivity contribution is 0.0696. The number of aromatic carboxylic acids is 1. The average molecular weight is 534 g/mol. The fourth-order valence-electron chi connectivity index (χ4n) is 3.81. The van der Waals surface area contributed by atoms with Crippen LogP contribution in [0.2, 0.25) is 5.02 Å². The third-order valence-electron chi connectivity index (χ3n) is 5.69. The molecule has 1 fully saturated rings. The van der Waals surface area contributed by atoms with E-state index >= 15 is 0 Å². The number of hydrogen-bond acceptors (Lipinski definition) is 6. The molecule has 0 aliphatic carbocycles. The highest BCUT2D eigenvalue weighted by molar-refractivity contribution is 7.91. The lowest BCUT2D eigenvalue weighted by Crippen LogP contribution is -2.42. The van der Waals surface area contributed by atoms with Crippen LogP contribution in [0.25, 0.3) is 0 Å². The number of benzene rings is 2. The van der Waals surface area contributed by atoms with Crippen LogP contribution in [-0.4, -0.2) is 48.8 Å². The van der Waals surface area contributed by atoms with Gasteiger partial charge in [0.1, 0.15) is 4.21 Å². The monoisotopic (exact) mass is 533 g/mol. The summed E-state index contributed by atoms with van der Waals surface area (Å²) >= 11 is 6.99. The summed E-state index contributed by atoms with van der Waals surface area (Å²) in [5.41, 5.74) is 1.38. The maximum Gasteiger partial charge on any atom is 0.335 e. The zero-order chi connectivity index (χ0) is 25.0. The number of halogens is 1. The highest BCUT2D eigenvalue weighted by Gasteiger charge is 2.30. The van der Waals surface area contributed by atoms with Gasteiger partial charge in [-0.1, -0.05) is 17.7 Å². The van der Waals surface area contributed by atoms with E-state index in [0.29, 0.717) is 42.2 Å². The van der Waals surface area contributed by atoms with Crippen LogP contribution < -0.4 is 10.6 Å². The first-order chi connectivity index (χ1) is 16.7. The number of thiophene rings is 1. The number of carboxylic acid groups (broad SMARTS) is 1. The van der Waals surface area contributed by atoms with Gasteiger partial charge in [-0.15, -0.1) is 11.3 Å². The van der Waals surface area contributed by atoms with E-state index in [2.05, 4.69) is 10.6 Å². The van der Waals surface area contributed by atoms with E-state index in [9.17, 15) is 18.0 Å². The number of sulfonamides is 1. The molecule has 1 aliphatic heterocycles. The smallest absolute Gasteiger partial charge is 0.335 e. The van der Waals surface area contributed by atoms with E-state index in [1.165, 1.54) is 10.4 Å². The topological polar surface area (TPSA) is 116 Å². The van der Waals surface area contributed by atoms with E-state index < -0.39 is 16.0 Å². The second-order valence-corrected chi connectivity index (χ2v) is 11.9. The molecular weight excluding hydrogens is 510 g/mol. The summed E-state index contributed by atoms with van der Waals surface area (Å²) in [6, 6.07) is 16.4. The highest BCUT2D eigenvalue weighted by atomic mass is 35.5. The van der Waals surface area contributed by atoms with Crippen LogP contribution in [0.4, 0.5) is 5.69 Å². The summed E-state index contributed by atoms with van der Waals surface area (Å²) in [5.74, 6) is -1.25. The number of anilines is 1. The molecule has 11 heteroatoms. The van der Waals surface area contributed by atoms with Crippen molar-refractivity contribution < 1.29 is 23.1 Å². The van der Waals surface area contributed by atoms with Crippen LogP contribution in [0.5, 0.6) is 0 Å². The molecule has 1 aromatic heterocycles. The van der Waals surface area contributed by atoms with Gasteiger partial charge in [-0.25, -0.2) is 13.2 Å². The molecule has 2 heterocycles. The molecule has 3 aromatic rings. The van der Waals surface area contributed by atoms with Crippen molar-refractivity contribution in [3.8, 4) is 0 Å². The van der Waals surface area contributed by atoms with Gasteiger partial charge in [0.05, 0.1) is 12.1 Å². The lowest BCUT2D eigenvalue weighted by atomic mass is 10.1. The van der Waals surface area contributed by atoms with Gasteiger partial charge in [0, 0.05) is 40.3 Å². The zero-order valence-corrected chi connectivity index (χ0v) is 21.0. The summed E-state index contributed by atoms with van der Waals surface area (Å²) in [6.07, 6.45) is 1.21. The van der Waals surface area contributed by atoms with Crippen molar-refractivity contribution in [2.45, 2.75) is 29.6 Å². The van der Waals surface area contributed by atoms with Crippen LogP contribution in [0, 0.1) is 0 Å². The van der Waals surface area contributed by atoms with Crippen molar-refractivity contribution in [1.82, 2.24) is 9.62 Å². The number of hydrogen-bond donors (Lipinski definition) is 3. The number of nitrogens with one attached hydrogen (secondary N) is 2. The number of amides is 1. The Balaban J connectivity index is 1.31. The van der Waals surface area contributed by atoms with Crippen molar-refractivity contribution in [3.63, 3.8) is 0 Å². The molecule has 2 aromatic carbocycles. The van der Waals surface area contributed by atoms with Gasteiger partial charge in [0.25, 0.3) is 15.9 Å². The minimum Gasteiger partial charge on any atom is -0.478 e. The average Bonchev–Trinajstić information content (AvgIpc) is 3.34. The molecule has 1 amide bonds. The fraction of sp³-hybridized carbons (Fsp3) is 0.250. The number of piperidine rings is 1. The predicted molar refractivity (Wildman–Crippen MR) is 136 cm³/mol. The van der Waals surface area contributed by atoms with Gasteiger partial charge in [-0.3, -0.25) is 4.79 Å². The Bertz CT molecular complexity index is 1320. The Labute approximate surface area is 212 Å². The SMILES string of the molecule is O=C(O)c1cccc(NC2CCN(S(=O)(=O)c3ccc(CNC(=O)c4ccc(Cl)cc4)s3)CC2)c1. The molecule has 1 aliphatic rings. The minimum atomic E-state index is -3.63. The van der Waals surface area contributed by atoms with E-state index in [4.69, 9.17) is 16.7 Å². The molecule has 35 heavy (non-hydrogen) atoms. The van der Waals surface area contributed by atoms with Crippen LogP contribution in [0.1, 0.15) is 38.4 Å². The second kappa shape index (κ2) is 10.8. The fourth-order valence-corrected chi connectivity index (χ4v) is 6.85. The molecule has 8 nitrogen and oxygen atoms in total. The summed E-state index contributed by atoms with van der Waals surface area (Å²) in [7, 11) is -3.63. The zero-order valence-electron chi connectivity index (χ0n) is 18.6. The summed E-state index contributed by atoms with van der Waals surface area (Å²) in [6.45, 7) is 0.946. The maximum absolute atomic E-state index is 13.1. The van der Waals surface area contributed by atoms with Crippen LogP contribution in [0.3, 0.4) is 0 Å². The largest absolute Gasteiger partial charge is 0.478 e. The van der Waals surface area contributed by atoms with Gasteiger partial charge in [-0.2, -0.15) is 4.31 Å². The first kappa shape index (κ1) is 25.2. The minimum absolute atomic E-state index is 0.0486. The van der Waals surface area contributed by atoms with Crippen LogP contribution in [-0.2, 0) is 16.6 Å². The molecule has 4 rings (SSSR count). The summed E-state index contributed by atoms with van der Waals surface area (Å²) in [5, 5.41) is 15.8. The van der Waals surface area contributed by atoms with Gasteiger partial charge >= 0.3 is 5.97 Å². The third kappa shape index (κ3) is 6.21. The third-order valence-corrected chi connectivity index (χ3v) is 9.40. The number of carbonyl (C=O) groups is 2. The highest BCUT2D eigenvalue weighted by Crippen LogP contribution is 2.28. The van der Waals surface area contributed by atoms with Crippen molar-refractivity contribution in [3.05, 3.63) is 81.7 Å². The lowest BCUT2D eigenvalue weighted by Gasteiger charge is -2.31. The van der Waals surface area contributed by atoms with E-state index in [0.717, 1.165) is 16.2 Å². The maximum atomic E-state index is 13.1. The summed E-state index contributed by atoms with van der Waals surface area (Å²) < 4.78 is 28.0. The first-order valence-corrected chi connectivity index (χ1v) is 13.6. The van der Waals surface area contributed by atoms with E-state index in [1.54, 1.807) is 54.6 Å². The molecule has 0 radical (unpaired) electrons. The number of nitrogens with zero attached hydrogens (tertiary/aromatic N) is 1. The molecule has 0 unspecified atom stereocenters. The van der Waals surface area contributed by atoms with E-state index in [-0.39, 0.29) is 28.3 Å². The standard InChI is InChI=1S/C24H24ClN3O5S2/c25-18-6-4-16(5-7-18)23(29)26-15-21-8-9-22(34-21)35(32,33)28-12-10-19(11-13-28)27-20-3-1-2-17(14-20)24(30)31/h1-9,14,19,27H,10-13,15H2,(H,26,29)(H,30,31). The number of carbonyl (C=O) groups excluding carboxylic acids is 1. The van der Waals surface area contributed by atoms with Crippen LogP contribution >= 0.6 is 22.9 Å². The van der Waals surface area contributed by atoms with Crippen molar-refractivity contribution in [2.24, 2.45) is 0 Å². The Morgan fingerprint density at radius 2 is 1.74 bits per heavy atom. The first-order valence-electron chi connectivity index (χ1n) is 10.9. The Hall–Kier alpha value is -2.92. The van der Waals surface area contributed by atoms with Gasteiger partial charge in [0.2, 0.25) is 0 Å².